The van der Waals surface area contributed by atoms with Gasteiger partial charge in [0.1, 0.15) is 12.4 Å². The Labute approximate surface area is 202 Å². The van der Waals surface area contributed by atoms with E-state index in [1.807, 2.05) is 0 Å². The summed E-state index contributed by atoms with van der Waals surface area (Å²) in [5, 5.41) is 0.630. The Balaban J connectivity index is 1.20. The Bertz CT molecular complexity index is 1050. The minimum absolute atomic E-state index is 0.0225. The molecule has 2 aromatic rings. The molecule has 1 saturated carbocycles. The number of carbonyl (C=O) groups excluding carboxylic acids is 4. The predicted octanol–water partition coefficient (Wildman–Crippen LogP) is 3.25. The zero-order valence-electron chi connectivity index (χ0n) is 18.6. The molecule has 2 unspecified atom stereocenters. The topological polar surface area (TPSA) is 105 Å². The molecular formula is C25H26ClN3O5. The van der Waals surface area contributed by atoms with Gasteiger partial charge >= 0.3 is 0 Å². The first kappa shape index (κ1) is 23.8. The van der Waals surface area contributed by atoms with Crippen LogP contribution in [0.1, 0.15) is 48.0 Å². The summed E-state index contributed by atoms with van der Waals surface area (Å²) >= 11 is 5.85. The lowest BCUT2D eigenvalue weighted by Gasteiger charge is -2.19. The minimum Gasteiger partial charge on any atom is -0.489 e. The number of amides is 4. The standard InChI is InChI=1S/C25H26ClN3O5/c26-18-9-11-19(12-10-18)34-15-16-5-7-17(8-6-16)23(31)28-27-22(30)13-14-29-24(32)20-3-1-2-4-21(20)25(29)33/h5-12,20-21H,1-4,13-15H2,(H,27,30)(H,28,31). The maximum atomic E-state index is 12.5. The molecule has 1 aliphatic carbocycles. The van der Waals surface area contributed by atoms with Crippen molar-refractivity contribution in [1.29, 1.82) is 0 Å². The number of likely N-dealkylation sites (tertiary alicyclic amines) is 1. The molecule has 0 spiro atoms. The lowest BCUT2D eigenvalue weighted by molar-refractivity contribution is -0.140. The third kappa shape index (κ3) is 5.56. The summed E-state index contributed by atoms with van der Waals surface area (Å²) < 4.78 is 5.67. The van der Waals surface area contributed by atoms with Crippen LogP contribution in [-0.2, 0) is 21.0 Å². The van der Waals surface area contributed by atoms with E-state index in [0.717, 1.165) is 31.2 Å². The lowest BCUT2D eigenvalue weighted by Crippen LogP contribution is -2.43. The van der Waals surface area contributed by atoms with Gasteiger partial charge in [-0.2, -0.15) is 0 Å². The van der Waals surface area contributed by atoms with Crippen LogP contribution in [0.2, 0.25) is 5.02 Å². The Morgan fingerprint density at radius 3 is 2.15 bits per heavy atom. The quantitative estimate of drug-likeness (QED) is 0.464. The van der Waals surface area contributed by atoms with Gasteiger partial charge in [0, 0.05) is 23.6 Å². The van der Waals surface area contributed by atoms with E-state index >= 15 is 0 Å². The molecule has 2 N–H and O–H groups in total. The highest BCUT2D eigenvalue weighted by atomic mass is 35.5. The van der Waals surface area contributed by atoms with Crippen LogP contribution in [0.15, 0.2) is 48.5 Å². The number of nitrogens with zero attached hydrogens (tertiary/aromatic N) is 1. The van der Waals surface area contributed by atoms with Crippen molar-refractivity contribution in [2.75, 3.05) is 6.54 Å². The van der Waals surface area contributed by atoms with Gasteiger partial charge in [0.15, 0.2) is 0 Å². The third-order valence-corrected chi connectivity index (χ3v) is 6.50. The van der Waals surface area contributed by atoms with Gasteiger partial charge < -0.3 is 4.74 Å². The van der Waals surface area contributed by atoms with E-state index < -0.39 is 11.8 Å². The fourth-order valence-electron chi connectivity index (χ4n) is 4.38. The number of benzene rings is 2. The van der Waals surface area contributed by atoms with Gasteiger partial charge in [-0.25, -0.2) is 0 Å². The fraction of sp³-hybridized carbons (Fsp3) is 0.360. The zero-order valence-corrected chi connectivity index (χ0v) is 19.3. The normalized spacial score (nSPS) is 19.5. The van der Waals surface area contributed by atoms with Crippen LogP contribution < -0.4 is 15.6 Å². The van der Waals surface area contributed by atoms with E-state index in [9.17, 15) is 19.2 Å². The molecule has 0 radical (unpaired) electrons. The molecule has 4 amide bonds. The molecule has 9 heteroatoms. The number of hydrogen-bond donors (Lipinski definition) is 2. The fourth-order valence-corrected chi connectivity index (χ4v) is 4.50. The summed E-state index contributed by atoms with van der Waals surface area (Å²) in [6, 6.07) is 13.8. The van der Waals surface area contributed by atoms with Gasteiger partial charge in [0.25, 0.3) is 5.91 Å². The largest absolute Gasteiger partial charge is 0.489 e. The molecule has 0 bridgehead atoms. The Kier molecular flexibility index (Phi) is 7.47. The molecule has 0 aromatic heterocycles. The number of imide groups is 1. The van der Waals surface area contributed by atoms with E-state index in [-0.39, 0.29) is 36.6 Å². The van der Waals surface area contributed by atoms with E-state index in [4.69, 9.17) is 16.3 Å². The molecule has 2 atom stereocenters. The van der Waals surface area contributed by atoms with Crippen molar-refractivity contribution >= 4 is 35.2 Å². The van der Waals surface area contributed by atoms with Crippen LogP contribution in [0.4, 0.5) is 0 Å². The summed E-state index contributed by atoms with van der Waals surface area (Å²) in [5.41, 5.74) is 5.93. The molecule has 178 valence electrons. The molecule has 8 nitrogen and oxygen atoms in total. The van der Waals surface area contributed by atoms with Crippen molar-refractivity contribution in [2.45, 2.75) is 38.7 Å². The van der Waals surface area contributed by atoms with Crippen LogP contribution >= 0.6 is 11.6 Å². The monoisotopic (exact) mass is 483 g/mol. The molecule has 2 fully saturated rings. The van der Waals surface area contributed by atoms with E-state index in [1.54, 1.807) is 48.5 Å². The van der Waals surface area contributed by atoms with Gasteiger partial charge in [0.05, 0.1) is 11.8 Å². The van der Waals surface area contributed by atoms with Crippen molar-refractivity contribution in [3.8, 4) is 5.75 Å². The number of hydrogen-bond acceptors (Lipinski definition) is 5. The molecule has 1 saturated heterocycles. The Hall–Kier alpha value is -3.39. The summed E-state index contributed by atoms with van der Waals surface area (Å²) in [4.78, 5) is 50.6. The summed E-state index contributed by atoms with van der Waals surface area (Å²) in [6.07, 6.45) is 3.31. The van der Waals surface area contributed by atoms with E-state index in [1.165, 1.54) is 4.90 Å². The molecule has 34 heavy (non-hydrogen) atoms. The second kappa shape index (κ2) is 10.7. The number of ether oxygens (including phenoxy) is 1. The molecular weight excluding hydrogens is 458 g/mol. The minimum atomic E-state index is -0.475. The van der Waals surface area contributed by atoms with Gasteiger partial charge in [-0.3, -0.25) is 34.9 Å². The second-order valence-corrected chi connectivity index (χ2v) is 8.95. The van der Waals surface area contributed by atoms with Gasteiger partial charge in [-0.15, -0.1) is 0 Å². The Morgan fingerprint density at radius 1 is 0.912 bits per heavy atom. The van der Waals surface area contributed by atoms with Crippen LogP contribution in [0.5, 0.6) is 5.75 Å². The second-order valence-electron chi connectivity index (χ2n) is 8.52. The van der Waals surface area contributed by atoms with Crippen LogP contribution in [0, 0.1) is 11.8 Å². The first-order valence-corrected chi connectivity index (χ1v) is 11.7. The number of nitrogens with one attached hydrogen (secondary N) is 2. The highest BCUT2D eigenvalue weighted by Gasteiger charge is 2.47. The maximum absolute atomic E-state index is 12.5. The Morgan fingerprint density at radius 2 is 1.53 bits per heavy atom. The number of carbonyl (C=O) groups is 4. The molecule has 2 aliphatic rings. The van der Waals surface area contributed by atoms with Crippen molar-refractivity contribution in [3.05, 3.63) is 64.7 Å². The van der Waals surface area contributed by atoms with Crippen molar-refractivity contribution in [1.82, 2.24) is 15.8 Å². The van der Waals surface area contributed by atoms with Crippen molar-refractivity contribution < 1.29 is 23.9 Å². The molecule has 1 heterocycles. The van der Waals surface area contributed by atoms with Crippen molar-refractivity contribution in [2.24, 2.45) is 11.8 Å². The van der Waals surface area contributed by atoms with Crippen molar-refractivity contribution in [3.63, 3.8) is 0 Å². The number of halogens is 1. The van der Waals surface area contributed by atoms with Gasteiger partial charge in [0.2, 0.25) is 17.7 Å². The maximum Gasteiger partial charge on any atom is 0.269 e. The summed E-state index contributed by atoms with van der Waals surface area (Å²) in [7, 11) is 0. The summed E-state index contributed by atoms with van der Waals surface area (Å²) in [5.74, 6) is -1.08. The first-order valence-electron chi connectivity index (χ1n) is 11.3. The molecule has 1 aliphatic heterocycles. The average Bonchev–Trinajstić information content (AvgIpc) is 3.10. The summed E-state index contributed by atoms with van der Waals surface area (Å²) in [6.45, 7) is 0.352. The molecule has 4 rings (SSSR count). The predicted molar refractivity (Wildman–Crippen MR) is 125 cm³/mol. The number of rotatable bonds is 7. The smallest absolute Gasteiger partial charge is 0.269 e. The lowest BCUT2D eigenvalue weighted by atomic mass is 9.81. The van der Waals surface area contributed by atoms with Gasteiger partial charge in [-0.1, -0.05) is 36.6 Å². The third-order valence-electron chi connectivity index (χ3n) is 6.25. The van der Waals surface area contributed by atoms with Crippen LogP contribution in [0.25, 0.3) is 0 Å². The molecule has 2 aromatic carbocycles. The van der Waals surface area contributed by atoms with E-state index in [2.05, 4.69) is 10.9 Å². The van der Waals surface area contributed by atoms with Gasteiger partial charge in [-0.05, 0) is 54.8 Å². The average molecular weight is 484 g/mol. The number of fused-ring (bicyclic) bond motifs is 1. The number of hydrazine groups is 1. The highest BCUT2D eigenvalue weighted by Crippen LogP contribution is 2.37. The highest BCUT2D eigenvalue weighted by molar-refractivity contribution is 6.30. The first-order chi connectivity index (χ1) is 16.4. The zero-order chi connectivity index (χ0) is 24.1. The van der Waals surface area contributed by atoms with E-state index in [0.29, 0.717) is 22.9 Å². The van der Waals surface area contributed by atoms with Crippen LogP contribution in [-0.4, -0.2) is 35.1 Å². The SMILES string of the molecule is O=C(CCN1C(=O)C2CCCCC2C1=O)NNC(=O)c1ccc(COc2ccc(Cl)cc2)cc1. The van der Waals surface area contributed by atoms with Crippen LogP contribution in [0.3, 0.4) is 0 Å².